The maximum atomic E-state index is 12.3. The summed E-state index contributed by atoms with van der Waals surface area (Å²) in [5, 5.41) is 0. The Morgan fingerprint density at radius 2 is 1.35 bits per heavy atom. The van der Waals surface area contributed by atoms with E-state index in [2.05, 4.69) is 6.58 Å². The summed E-state index contributed by atoms with van der Waals surface area (Å²) in [5.74, 6) is -2.49. The Morgan fingerprint density at radius 3 is 1.94 bits per heavy atom. The molecule has 1 saturated heterocycles. The van der Waals surface area contributed by atoms with E-state index >= 15 is 0 Å². The lowest BCUT2D eigenvalue weighted by Gasteiger charge is -2.39. The van der Waals surface area contributed by atoms with Crippen molar-refractivity contribution in [3.8, 4) is 0 Å². The average Bonchev–Trinajstić information content (AvgIpc) is 2.67. The first-order valence-electron chi connectivity index (χ1n) is 10.7. The number of unbranched alkanes of at least 4 members (excludes halogenated alkanes) is 6. The molecule has 0 unspecified atom stereocenters. The minimum absolute atomic E-state index is 0.183. The van der Waals surface area contributed by atoms with E-state index in [1.165, 1.54) is 13.8 Å². The van der Waals surface area contributed by atoms with Crippen molar-refractivity contribution in [3.05, 3.63) is 12.7 Å². The normalized spacial score (nSPS) is 22.8. The number of carbonyl (C=O) groups excluding carboxylic acids is 4. The summed E-state index contributed by atoms with van der Waals surface area (Å²) in [6, 6.07) is 0. The summed E-state index contributed by atoms with van der Waals surface area (Å²) in [6.07, 6.45) is 4.37. The second-order valence-electron chi connectivity index (χ2n) is 7.44. The quantitative estimate of drug-likeness (QED) is 0.184. The molecule has 1 heterocycles. The summed E-state index contributed by atoms with van der Waals surface area (Å²) in [5.41, 5.74) is 0. The molecule has 0 amide bonds. The van der Waals surface area contributed by atoms with Gasteiger partial charge in [0.1, 0.15) is 0 Å². The van der Waals surface area contributed by atoms with Gasteiger partial charge in [-0.15, -0.1) is 6.58 Å². The van der Waals surface area contributed by atoms with Crippen LogP contribution in [0.15, 0.2) is 12.7 Å². The molecule has 9 heteroatoms. The van der Waals surface area contributed by atoms with Crippen LogP contribution in [-0.4, -0.2) is 55.1 Å². The number of ether oxygens (including phenoxy) is 5. The zero-order valence-corrected chi connectivity index (χ0v) is 18.6. The molecular weight excluding hydrogens is 408 g/mol. The SMILES string of the molecule is C=CCCCCCCCCC(=O)O[C@@H]1OC[C@@H](OC(C)=O)[C@H](OC(C)=O)[C@H]1OC(C)=O. The largest absolute Gasteiger partial charge is 0.456 e. The first-order chi connectivity index (χ1) is 14.7. The Morgan fingerprint density at radius 1 is 0.806 bits per heavy atom. The van der Waals surface area contributed by atoms with E-state index in [9.17, 15) is 19.2 Å². The van der Waals surface area contributed by atoms with Gasteiger partial charge in [0.2, 0.25) is 12.4 Å². The van der Waals surface area contributed by atoms with Gasteiger partial charge in [-0.05, 0) is 19.3 Å². The topological polar surface area (TPSA) is 114 Å². The number of carbonyl (C=O) groups is 4. The van der Waals surface area contributed by atoms with Gasteiger partial charge in [0, 0.05) is 27.2 Å². The average molecular weight is 443 g/mol. The summed E-state index contributed by atoms with van der Waals surface area (Å²) in [6.45, 7) is 7.04. The van der Waals surface area contributed by atoms with E-state index in [4.69, 9.17) is 23.7 Å². The molecule has 0 N–H and O–H groups in total. The number of hydrogen-bond donors (Lipinski definition) is 0. The van der Waals surface area contributed by atoms with Gasteiger partial charge in [0.25, 0.3) is 0 Å². The lowest BCUT2D eigenvalue weighted by molar-refractivity contribution is -0.274. The molecule has 0 spiro atoms. The fourth-order valence-corrected chi connectivity index (χ4v) is 3.26. The van der Waals surface area contributed by atoms with Crippen molar-refractivity contribution in [1.29, 1.82) is 0 Å². The Balaban J connectivity index is 2.62. The van der Waals surface area contributed by atoms with Crippen LogP contribution in [-0.2, 0) is 42.9 Å². The van der Waals surface area contributed by atoms with Crippen molar-refractivity contribution in [3.63, 3.8) is 0 Å². The molecule has 9 nitrogen and oxygen atoms in total. The molecule has 176 valence electrons. The van der Waals surface area contributed by atoms with Crippen LogP contribution in [0.3, 0.4) is 0 Å². The van der Waals surface area contributed by atoms with Crippen molar-refractivity contribution in [2.45, 2.75) is 96.7 Å². The molecule has 0 aromatic rings. The van der Waals surface area contributed by atoms with Gasteiger partial charge in [-0.2, -0.15) is 0 Å². The minimum atomic E-state index is -1.27. The van der Waals surface area contributed by atoms with Crippen LogP contribution in [0, 0.1) is 0 Å². The molecule has 0 aliphatic carbocycles. The third-order valence-corrected chi connectivity index (χ3v) is 4.59. The maximum Gasteiger partial charge on any atom is 0.308 e. The number of rotatable bonds is 13. The van der Waals surface area contributed by atoms with Crippen molar-refractivity contribution < 1.29 is 42.9 Å². The van der Waals surface area contributed by atoms with E-state index < -0.39 is 48.5 Å². The van der Waals surface area contributed by atoms with Crippen LogP contribution in [0.25, 0.3) is 0 Å². The third-order valence-electron chi connectivity index (χ3n) is 4.59. The standard InChI is InChI=1S/C22H34O9/c1-5-6-7-8-9-10-11-12-13-19(26)31-22-21(30-17(4)25)20(29-16(3)24)18(14-27-22)28-15(2)23/h5,18,20-22H,1,6-14H2,2-4H3/t18-,20+,21-,22+/m1/s1. The molecule has 1 aliphatic heterocycles. The molecule has 1 fully saturated rings. The highest BCUT2D eigenvalue weighted by Gasteiger charge is 2.48. The van der Waals surface area contributed by atoms with E-state index in [0.717, 1.165) is 45.4 Å². The van der Waals surface area contributed by atoms with Crippen molar-refractivity contribution in [2.24, 2.45) is 0 Å². The molecule has 0 aromatic carbocycles. The lowest BCUT2D eigenvalue weighted by atomic mass is 10.0. The highest BCUT2D eigenvalue weighted by molar-refractivity contribution is 5.70. The molecule has 4 atom stereocenters. The zero-order valence-electron chi connectivity index (χ0n) is 18.6. The fourth-order valence-electron chi connectivity index (χ4n) is 3.26. The van der Waals surface area contributed by atoms with E-state index in [-0.39, 0.29) is 13.0 Å². The van der Waals surface area contributed by atoms with Gasteiger partial charge in [-0.3, -0.25) is 19.2 Å². The van der Waals surface area contributed by atoms with Crippen LogP contribution < -0.4 is 0 Å². The van der Waals surface area contributed by atoms with Crippen molar-refractivity contribution >= 4 is 23.9 Å². The maximum absolute atomic E-state index is 12.3. The third kappa shape index (κ3) is 11.0. The smallest absolute Gasteiger partial charge is 0.308 e. The van der Waals surface area contributed by atoms with Gasteiger partial charge in [-0.25, -0.2) is 0 Å². The summed E-state index contributed by atoms with van der Waals surface area (Å²) >= 11 is 0. The zero-order chi connectivity index (χ0) is 23.2. The van der Waals surface area contributed by atoms with E-state index in [1.807, 2.05) is 6.08 Å². The fraction of sp³-hybridized carbons (Fsp3) is 0.727. The lowest BCUT2D eigenvalue weighted by Crippen LogP contribution is -2.58. The monoisotopic (exact) mass is 442 g/mol. The predicted molar refractivity (Wildman–Crippen MR) is 110 cm³/mol. The molecule has 0 saturated carbocycles. The molecule has 1 rings (SSSR count). The highest BCUT2D eigenvalue weighted by Crippen LogP contribution is 2.25. The van der Waals surface area contributed by atoms with Crippen molar-refractivity contribution in [2.75, 3.05) is 6.61 Å². The van der Waals surface area contributed by atoms with Crippen LogP contribution in [0.2, 0.25) is 0 Å². The number of allylic oxidation sites excluding steroid dienone is 1. The first kappa shape index (κ1) is 26.6. The van der Waals surface area contributed by atoms with Gasteiger partial charge < -0.3 is 23.7 Å². The van der Waals surface area contributed by atoms with Crippen LogP contribution in [0.4, 0.5) is 0 Å². The second kappa shape index (κ2) is 14.6. The second-order valence-corrected chi connectivity index (χ2v) is 7.44. The first-order valence-corrected chi connectivity index (χ1v) is 10.7. The highest BCUT2D eigenvalue weighted by atomic mass is 16.7. The van der Waals surface area contributed by atoms with Crippen LogP contribution in [0.1, 0.15) is 72.1 Å². The van der Waals surface area contributed by atoms with Gasteiger partial charge >= 0.3 is 23.9 Å². The number of esters is 4. The molecular formula is C22H34O9. The molecule has 0 radical (unpaired) electrons. The van der Waals surface area contributed by atoms with Crippen LogP contribution >= 0.6 is 0 Å². The van der Waals surface area contributed by atoms with E-state index in [1.54, 1.807) is 0 Å². The Bertz CT molecular complexity index is 616. The molecule has 1 aliphatic rings. The van der Waals surface area contributed by atoms with Gasteiger partial charge in [0.05, 0.1) is 6.61 Å². The Hall–Kier alpha value is -2.42. The number of hydrogen-bond acceptors (Lipinski definition) is 9. The summed E-state index contributed by atoms with van der Waals surface area (Å²) in [7, 11) is 0. The van der Waals surface area contributed by atoms with Gasteiger partial charge in [-0.1, -0.05) is 31.8 Å². The molecule has 0 aromatic heterocycles. The minimum Gasteiger partial charge on any atom is -0.456 e. The van der Waals surface area contributed by atoms with Crippen LogP contribution in [0.5, 0.6) is 0 Å². The Kier molecular flexibility index (Phi) is 12.5. The summed E-state index contributed by atoms with van der Waals surface area (Å²) in [4.78, 5) is 46.7. The molecule has 31 heavy (non-hydrogen) atoms. The van der Waals surface area contributed by atoms with Crippen molar-refractivity contribution in [1.82, 2.24) is 0 Å². The van der Waals surface area contributed by atoms with Gasteiger partial charge in [0.15, 0.2) is 12.2 Å². The summed E-state index contributed by atoms with van der Waals surface area (Å²) < 4.78 is 26.4. The molecule has 0 bridgehead atoms. The predicted octanol–water partition coefficient (Wildman–Crippen LogP) is 2.99. The Labute approximate surface area is 183 Å². The van der Waals surface area contributed by atoms with E-state index in [0.29, 0.717) is 6.42 Å².